The van der Waals surface area contributed by atoms with Crippen LogP contribution in [0.1, 0.15) is 38.2 Å². The van der Waals surface area contributed by atoms with Gasteiger partial charge in [0.05, 0.1) is 0 Å². The van der Waals surface area contributed by atoms with Crippen LogP contribution in [0, 0.1) is 0 Å². The molecule has 1 aromatic rings. The molecule has 1 aromatic heterocycles. The Morgan fingerprint density at radius 1 is 1.35 bits per heavy atom. The SMILES string of the molecule is CCCCCc1cnc(OC2CCNC2)nc1. The highest BCUT2D eigenvalue weighted by Gasteiger charge is 2.16. The summed E-state index contributed by atoms with van der Waals surface area (Å²) in [5.74, 6) is 0. The number of aryl methyl sites for hydroxylation is 1. The quantitative estimate of drug-likeness (QED) is 0.766. The predicted molar refractivity (Wildman–Crippen MR) is 67.2 cm³/mol. The molecular formula is C13H21N3O. The van der Waals surface area contributed by atoms with Crippen molar-refractivity contribution in [3.8, 4) is 6.01 Å². The summed E-state index contributed by atoms with van der Waals surface area (Å²) >= 11 is 0. The zero-order valence-corrected chi connectivity index (χ0v) is 10.5. The van der Waals surface area contributed by atoms with Gasteiger partial charge in [0.2, 0.25) is 0 Å². The lowest BCUT2D eigenvalue weighted by Crippen LogP contribution is -2.20. The van der Waals surface area contributed by atoms with Crippen molar-refractivity contribution in [1.29, 1.82) is 0 Å². The molecule has 1 aliphatic heterocycles. The van der Waals surface area contributed by atoms with Crippen molar-refractivity contribution in [3.05, 3.63) is 18.0 Å². The zero-order chi connectivity index (χ0) is 11.9. The fourth-order valence-electron chi connectivity index (χ4n) is 1.99. The van der Waals surface area contributed by atoms with Crippen LogP contribution in [0.4, 0.5) is 0 Å². The molecule has 0 amide bonds. The minimum atomic E-state index is 0.237. The number of unbranched alkanes of at least 4 members (excludes halogenated alkanes) is 2. The molecule has 0 bridgehead atoms. The van der Waals surface area contributed by atoms with E-state index < -0.39 is 0 Å². The maximum atomic E-state index is 5.67. The Hall–Kier alpha value is -1.16. The molecule has 1 fully saturated rings. The van der Waals surface area contributed by atoms with Crippen LogP contribution < -0.4 is 10.1 Å². The van der Waals surface area contributed by atoms with Gasteiger partial charge in [0.15, 0.2) is 0 Å². The molecule has 1 aliphatic rings. The first-order valence-corrected chi connectivity index (χ1v) is 6.57. The first kappa shape index (κ1) is 12.3. The summed E-state index contributed by atoms with van der Waals surface area (Å²) in [5.41, 5.74) is 1.20. The van der Waals surface area contributed by atoms with Crippen molar-refractivity contribution >= 4 is 0 Å². The lowest BCUT2D eigenvalue weighted by molar-refractivity contribution is 0.204. The number of aromatic nitrogens is 2. The van der Waals surface area contributed by atoms with Crippen molar-refractivity contribution in [2.45, 2.75) is 45.1 Å². The van der Waals surface area contributed by atoms with E-state index in [9.17, 15) is 0 Å². The van der Waals surface area contributed by atoms with Crippen LogP contribution in [0.15, 0.2) is 12.4 Å². The molecule has 0 spiro atoms. The average molecular weight is 235 g/mol. The summed E-state index contributed by atoms with van der Waals surface area (Å²) in [4.78, 5) is 8.52. The number of hydrogen-bond acceptors (Lipinski definition) is 4. The van der Waals surface area contributed by atoms with Crippen LogP contribution in [-0.2, 0) is 6.42 Å². The summed E-state index contributed by atoms with van der Waals surface area (Å²) in [5, 5.41) is 3.26. The second kappa shape index (κ2) is 6.55. The molecule has 4 heteroatoms. The lowest BCUT2D eigenvalue weighted by Gasteiger charge is -2.10. The van der Waals surface area contributed by atoms with Gasteiger partial charge in [-0.2, -0.15) is 0 Å². The van der Waals surface area contributed by atoms with Gasteiger partial charge in [-0.25, -0.2) is 9.97 Å². The molecule has 1 saturated heterocycles. The Balaban J connectivity index is 1.80. The minimum absolute atomic E-state index is 0.237. The van der Waals surface area contributed by atoms with Crippen molar-refractivity contribution in [2.24, 2.45) is 0 Å². The van der Waals surface area contributed by atoms with E-state index in [0.717, 1.165) is 25.9 Å². The van der Waals surface area contributed by atoms with Gasteiger partial charge >= 0.3 is 6.01 Å². The molecule has 1 atom stereocenters. The highest BCUT2D eigenvalue weighted by atomic mass is 16.5. The highest BCUT2D eigenvalue weighted by molar-refractivity contribution is 5.07. The third-order valence-corrected chi connectivity index (χ3v) is 3.04. The fourth-order valence-corrected chi connectivity index (χ4v) is 1.99. The summed E-state index contributed by atoms with van der Waals surface area (Å²) in [6.45, 7) is 4.14. The molecule has 0 aromatic carbocycles. The normalized spacial score (nSPS) is 19.5. The average Bonchev–Trinajstić information content (AvgIpc) is 2.85. The Bertz CT molecular complexity index is 320. The van der Waals surface area contributed by atoms with E-state index in [2.05, 4.69) is 22.2 Å². The first-order chi connectivity index (χ1) is 8.38. The Labute approximate surface area is 103 Å². The van der Waals surface area contributed by atoms with Crippen LogP contribution in [0.5, 0.6) is 6.01 Å². The van der Waals surface area contributed by atoms with E-state index in [1.165, 1.54) is 24.8 Å². The van der Waals surface area contributed by atoms with Crippen molar-refractivity contribution in [3.63, 3.8) is 0 Å². The van der Waals surface area contributed by atoms with E-state index in [1.807, 2.05) is 12.4 Å². The molecule has 2 heterocycles. The molecule has 0 saturated carbocycles. The van der Waals surface area contributed by atoms with E-state index >= 15 is 0 Å². The largest absolute Gasteiger partial charge is 0.459 e. The maximum Gasteiger partial charge on any atom is 0.316 e. The Kier molecular flexibility index (Phi) is 4.74. The highest BCUT2D eigenvalue weighted by Crippen LogP contribution is 2.10. The van der Waals surface area contributed by atoms with Crippen LogP contribution in [0.2, 0.25) is 0 Å². The Morgan fingerprint density at radius 3 is 2.82 bits per heavy atom. The van der Waals surface area contributed by atoms with Gasteiger partial charge in [-0.1, -0.05) is 19.8 Å². The third-order valence-electron chi connectivity index (χ3n) is 3.04. The predicted octanol–water partition coefficient (Wildman–Crippen LogP) is 1.95. The molecule has 4 nitrogen and oxygen atoms in total. The summed E-state index contributed by atoms with van der Waals surface area (Å²) in [6.07, 6.45) is 9.86. The van der Waals surface area contributed by atoms with Crippen molar-refractivity contribution in [2.75, 3.05) is 13.1 Å². The first-order valence-electron chi connectivity index (χ1n) is 6.57. The van der Waals surface area contributed by atoms with E-state index in [1.54, 1.807) is 0 Å². The van der Waals surface area contributed by atoms with Crippen LogP contribution in [0.25, 0.3) is 0 Å². The van der Waals surface area contributed by atoms with Gasteiger partial charge in [-0.3, -0.25) is 0 Å². The monoisotopic (exact) mass is 235 g/mol. The van der Waals surface area contributed by atoms with Gasteiger partial charge in [-0.05, 0) is 31.4 Å². The van der Waals surface area contributed by atoms with Crippen LogP contribution >= 0.6 is 0 Å². The lowest BCUT2D eigenvalue weighted by atomic mass is 10.1. The zero-order valence-electron chi connectivity index (χ0n) is 10.5. The topological polar surface area (TPSA) is 47.0 Å². The molecule has 2 rings (SSSR count). The van der Waals surface area contributed by atoms with Gasteiger partial charge in [0, 0.05) is 18.9 Å². The second-order valence-corrected chi connectivity index (χ2v) is 4.56. The number of hydrogen-bond donors (Lipinski definition) is 1. The van der Waals surface area contributed by atoms with Crippen LogP contribution in [-0.4, -0.2) is 29.2 Å². The fraction of sp³-hybridized carbons (Fsp3) is 0.692. The molecule has 1 unspecified atom stereocenters. The second-order valence-electron chi connectivity index (χ2n) is 4.56. The smallest absolute Gasteiger partial charge is 0.316 e. The molecular weight excluding hydrogens is 214 g/mol. The van der Waals surface area contributed by atoms with Gasteiger partial charge in [0.1, 0.15) is 6.10 Å². The van der Waals surface area contributed by atoms with E-state index in [0.29, 0.717) is 6.01 Å². The van der Waals surface area contributed by atoms with Gasteiger partial charge < -0.3 is 10.1 Å². The van der Waals surface area contributed by atoms with Gasteiger partial charge in [-0.15, -0.1) is 0 Å². The minimum Gasteiger partial charge on any atom is -0.459 e. The maximum absolute atomic E-state index is 5.67. The van der Waals surface area contributed by atoms with Gasteiger partial charge in [0.25, 0.3) is 0 Å². The van der Waals surface area contributed by atoms with Crippen molar-refractivity contribution in [1.82, 2.24) is 15.3 Å². The Morgan fingerprint density at radius 2 is 2.18 bits per heavy atom. The molecule has 94 valence electrons. The summed E-state index contributed by atoms with van der Waals surface area (Å²) in [7, 11) is 0. The standard InChI is InChI=1S/C13H21N3O/c1-2-3-4-5-11-8-15-13(16-9-11)17-12-6-7-14-10-12/h8-9,12,14H,2-7,10H2,1H3. The molecule has 0 radical (unpaired) electrons. The van der Waals surface area contributed by atoms with E-state index in [4.69, 9.17) is 4.74 Å². The molecule has 1 N–H and O–H groups in total. The number of nitrogens with zero attached hydrogens (tertiary/aromatic N) is 2. The number of ether oxygens (including phenoxy) is 1. The van der Waals surface area contributed by atoms with Crippen molar-refractivity contribution < 1.29 is 4.74 Å². The van der Waals surface area contributed by atoms with E-state index in [-0.39, 0.29) is 6.10 Å². The molecule has 17 heavy (non-hydrogen) atoms. The molecule has 0 aliphatic carbocycles. The summed E-state index contributed by atoms with van der Waals surface area (Å²) in [6, 6.07) is 0.512. The third kappa shape index (κ3) is 3.97. The number of rotatable bonds is 6. The number of nitrogens with one attached hydrogen (secondary N) is 1. The van der Waals surface area contributed by atoms with Crippen LogP contribution in [0.3, 0.4) is 0 Å². The summed E-state index contributed by atoms with van der Waals surface area (Å²) < 4.78 is 5.67.